The summed E-state index contributed by atoms with van der Waals surface area (Å²) in [5.41, 5.74) is 0.191. The Kier molecular flexibility index (Phi) is 5.05. The number of hydrogen-bond acceptors (Lipinski definition) is 3. The first-order chi connectivity index (χ1) is 9.48. The molecule has 0 radical (unpaired) electrons. The Hall–Kier alpha value is -1.07. The lowest BCUT2D eigenvalue weighted by Gasteiger charge is -2.22. The highest BCUT2D eigenvalue weighted by Gasteiger charge is 2.32. The molecule has 1 saturated heterocycles. The van der Waals surface area contributed by atoms with Crippen LogP contribution in [0.3, 0.4) is 0 Å². The van der Waals surface area contributed by atoms with Crippen LogP contribution in [0.2, 0.25) is 0 Å². The standard InChI is InChI=1S/C15H20FNO2S/c1-11(12-2-4-13(16)5-3-12)8-14(18)17-9-15(19)6-7-20-10-15/h2-5,11,19H,6-10H2,1H3,(H,17,18). The van der Waals surface area contributed by atoms with Gasteiger partial charge in [0.15, 0.2) is 0 Å². The zero-order valence-corrected chi connectivity index (χ0v) is 12.4. The number of amides is 1. The van der Waals surface area contributed by atoms with Gasteiger partial charge in [0, 0.05) is 18.7 Å². The lowest BCUT2D eigenvalue weighted by atomic mass is 9.97. The van der Waals surface area contributed by atoms with Gasteiger partial charge >= 0.3 is 0 Å². The molecule has 2 atom stereocenters. The van der Waals surface area contributed by atoms with Gasteiger partial charge < -0.3 is 10.4 Å². The number of rotatable bonds is 5. The molecule has 1 fully saturated rings. The molecule has 1 amide bonds. The molecule has 2 unspecified atom stereocenters. The molecule has 1 aromatic carbocycles. The average molecular weight is 297 g/mol. The van der Waals surface area contributed by atoms with Crippen molar-refractivity contribution in [3.05, 3.63) is 35.6 Å². The molecule has 1 aliphatic heterocycles. The number of aliphatic hydroxyl groups is 1. The Morgan fingerprint density at radius 1 is 1.50 bits per heavy atom. The van der Waals surface area contributed by atoms with Crippen molar-refractivity contribution < 1.29 is 14.3 Å². The third kappa shape index (κ3) is 4.21. The van der Waals surface area contributed by atoms with Gasteiger partial charge in [0.2, 0.25) is 5.91 Å². The third-order valence-corrected chi connectivity index (χ3v) is 4.86. The number of carbonyl (C=O) groups is 1. The quantitative estimate of drug-likeness (QED) is 0.877. The zero-order valence-electron chi connectivity index (χ0n) is 11.6. The van der Waals surface area contributed by atoms with E-state index in [4.69, 9.17) is 0 Å². The van der Waals surface area contributed by atoms with Crippen LogP contribution in [0.5, 0.6) is 0 Å². The molecule has 0 aromatic heterocycles. The van der Waals surface area contributed by atoms with Crippen molar-refractivity contribution in [3.8, 4) is 0 Å². The summed E-state index contributed by atoms with van der Waals surface area (Å²) in [6.07, 6.45) is 1.07. The van der Waals surface area contributed by atoms with Crippen LogP contribution in [0.4, 0.5) is 4.39 Å². The molecule has 20 heavy (non-hydrogen) atoms. The Bertz CT molecular complexity index is 457. The predicted octanol–water partition coefficient (Wildman–Crippen LogP) is 2.30. The maximum atomic E-state index is 12.8. The van der Waals surface area contributed by atoms with Gasteiger partial charge in [0.1, 0.15) is 5.82 Å². The van der Waals surface area contributed by atoms with Crippen molar-refractivity contribution in [2.45, 2.75) is 31.3 Å². The minimum absolute atomic E-state index is 0.0307. The Morgan fingerprint density at radius 3 is 2.80 bits per heavy atom. The molecule has 5 heteroatoms. The maximum Gasteiger partial charge on any atom is 0.220 e. The molecule has 2 rings (SSSR count). The number of halogens is 1. The largest absolute Gasteiger partial charge is 0.387 e. The van der Waals surface area contributed by atoms with Crippen LogP contribution < -0.4 is 5.32 Å². The van der Waals surface area contributed by atoms with Crippen LogP contribution in [-0.4, -0.2) is 34.7 Å². The van der Waals surface area contributed by atoms with Crippen molar-refractivity contribution in [1.29, 1.82) is 0 Å². The molecular weight excluding hydrogens is 277 g/mol. The topological polar surface area (TPSA) is 49.3 Å². The van der Waals surface area contributed by atoms with Gasteiger partial charge in [-0.15, -0.1) is 0 Å². The Balaban J connectivity index is 1.80. The van der Waals surface area contributed by atoms with E-state index in [0.29, 0.717) is 18.7 Å². The molecule has 2 N–H and O–H groups in total. The monoisotopic (exact) mass is 297 g/mol. The molecule has 1 heterocycles. The summed E-state index contributed by atoms with van der Waals surface area (Å²) in [6, 6.07) is 6.22. The summed E-state index contributed by atoms with van der Waals surface area (Å²) in [7, 11) is 0. The first-order valence-electron chi connectivity index (χ1n) is 6.81. The van der Waals surface area contributed by atoms with Crippen LogP contribution in [0.1, 0.15) is 31.2 Å². The predicted molar refractivity (Wildman–Crippen MR) is 79.3 cm³/mol. The average Bonchev–Trinajstić information content (AvgIpc) is 2.85. The SMILES string of the molecule is CC(CC(=O)NCC1(O)CCSC1)c1ccc(F)cc1. The fourth-order valence-corrected chi connectivity index (χ4v) is 3.55. The molecule has 1 aliphatic rings. The third-order valence-electron chi connectivity index (χ3n) is 3.63. The highest BCUT2D eigenvalue weighted by molar-refractivity contribution is 7.99. The van der Waals surface area contributed by atoms with Crippen LogP contribution in [-0.2, 0) is 4.79 Å². The van der Waals surface area contributed by atoms with Crippen molar-refractivity contribution >= 4 is 17.7 Å². The van der Waals surface area contributed by atoms with Gasteiger partial charge in [-0.05, 0) is 35.8 Å². The number of hydrogen-bond donors (Lipinski definition) is 2. The van der Waals surface area contributed by atoms with Crippen LogP contribution in [0, 0.1) is 5.82 Å². The van der Waals surface area contributed by atoms with E-state index in [1.807, 2.05) is 6.92 Å². The van der Waals surface area contributed by atoms with Crippen LogP contribution >= 0.6 is 11.8 Å². The van der Waals surface area contributed by atoms with Crippen molar-refractivity contribution in [2.24, 2.45) is 0 Å². The first kappa shape index (κ1) is 15.3. The van der Waals surface area contributed by atoms with E-state index in [9.17, 15) is 14.3 Å². The number of thioether (sulfide) groups is 1. The molecule has 0 saturated carbocycles. The summed E-state index contributed by atoms with van der Waals surface area (Å²) < 4.78 is 12.8. The molecule has 110 valence electrons. The minimum atomic E-state index is -0.751. The summed E-state index contributed by atoms with van der Waals surface area (Å²) in [4.78, 5) is 11.9. The maximum absolute atomic E-state index is 12.8. The van der Waals surface area contributed by atoms with Gasteiger partial charge in [0.25, 0.3) is 0 Å². The highest BCUT2D eigenvalue weighted by Crippen LogP contribution is 2.27. The fourth-order valence-electron chi connectivity index (χ4n) is 2.26. The lowest BCUT2D eigenvalue weighted by Crippen LogP contribution is -2.43. The van der Waals surface area contributed by atoms with Crippen molar-refractivity contribution in [1.82, 2.24) is 5.32 Å². The van der Waals surface area contributed by atoms with Crippen molar-refractivity contribution in [2.75, 3.05) is 18.1 Å². The van der Waals surface area contributed by atoms with Gasteiger partial charge in [0.05, 0.1) is 5.60 Å². The number of carbonyl (C=O) groups excluding carboxylic acids is 1. The fraction of sp³-hybridized carbons (Fsp3) is 0.533. The molecule has 1 aromatic rings. The van der Waals surface area contributed by atoms with Gasteiger partial charge in [-0.2, -0.15) is 11.8 Å². The van der Waals surface area contributed by atoms with E-state index < -0.39 is 5.60 Å². The van der Waals surface area contributed by atoms with E-state index >= 15 is 0 Å². The lowest BCUT2D eigenvalue weighted by molar-refractivity contribution is -0.122. The normalized spacial score (nSPS) is 23.6. The zero-order chi connectivity index (χ0) is 14.6. The summed E-state index contributed by atoms with van der Waals surface area (Å²) in [5.74, 6) is 1.31. The minimum Gasteiger partial charge on any atom is -0.387 e. The molecule has 0 spiro atoms. The summed E-state index contributed by atoms with van der Waals surface area (Å²) in [6.45, 7) is 2.25. The van der Waals surface area contributed by atoms with Crippen LogP contribution in [0.25, 0.3) is 0 Å². The van der Waals surface area contributed by atoms with E-state index in [2.05, 4.69) is 5.32 Å². The first-order valence-corrected chi connectivity index (χ1v) is 7.96. The highest BCUT2D eigenvalue weighted by atomic mass is 32.2. The summed E-state index contributed by atoms with van der Waals surface area (Å²) >= 11 is 1.71. The van der Waals surface area contributed by atoms with E-state index in [1.54, 1.807) is 23.9 Å². The number of nitrogens with one attached hydrogen (secondary N) is 1. The van der Waals surface area contributed by atoms with Gasteiger partial charge in [-0.25, -0.2) is 4.39 Å². The van der Waals surface area contributed by atoms with Gasteiger partial charge in [-0.3, -0.25) is 4.79 Å². The number of benzene rings is 1. The molecule has 0 bridgehead atoms. The van der Waals surface area contributed by atoms with Crippen LogP contribution in [0.15, 0.2) is 24.3 Å². The second-order valence-corrected chi connectivity index (χ2v) is 6.57. The van der Waals surface area contributed by atoms with E-state index in [-0.39, 0.29) is 17.6 Å². The molecule has 0 aliphatic carbocycles. The van der Waals surface area contributed by atoms with Gasteiger partial charge in [-0.1, -0.05) is 19.1 Å². The molecule has 3 nitrogen and oxygen atoms in total. The summed E-state index contributed by atoms with van der Waals surface area (Å²) in [5, 5.41) is 12.9. The second-order valence-electron chi connectivity index (χ2n) is 5.46. The Morgan fingerprint density at radius 2 is 2.20 bits per heavy atom. The molecular formula is C15H20FNO2S. The smallest absolute Gasteiger partial charge is 0.220 e. The second kappa shape index (κ2) is 6.59. The van der Waals surface area contributed by atoms with E-state index in [1.165, 1.54) is 12.1 Å². The Labute approximate surface area is 123 Å². The van der Waals surface area contributed by atoms with Crippen molar-refractivity contribution in [3.63, 3.8) is 0 Å². The van der Waals surface area contributed by atoms with E-state index in [0.717, 1.165) is 17.7 Å².